The van der Waals surface area contributed by atoms with Crippen molar-refractivity contribution in [2.75, 3.05) is 16.8 Å². The normalized spacial score (nSPS) is 13.9. The smallest absolute Gasteiger partial charge is 0.338 e. The second kappa shape index (κ2) is 8.22. The van der Waals surface area contributed by atoms with E-state index in [9.17, 15) is 18.8 Å². The monoisotopic (exact) mass is 402 g/mol. The molecule has 0 aromatic heterocycles. The van der Waals surface area contributed by atoms with Crippen molar-refractivity contribution in [2.24, 2.45) is 0 Å². The van der Waals surface area contributed by atoms with Gasteiger partial charge >= 0.3 is 5.97 Å². The van der Waals surface area contributed by atoms with Gasteiger partial charge in [0.25, 0.3) is 11.8 Å². The topological polar surface area (TPSA) is 75.7 Å². The molecule has 0 radical (unpaired) electrons. The van der Waals surface area contributed by atoms with Gasteiger partial charge in [-0.15, -0.1) is 0 Å². The van der Waals surface area contributed by atoms with Crippen LogP contribution < -0.4 is 10.2 Å². The van der Waals surface area contributed by atoms with Crippen molar-refractivity contribution >= 4 is 40.8 Å². The molecule has 0 saturated heterocycles. The number of rotatable bonds is 6. The summed E-state index contributed by atoms with van der Waals surface area (Å²) in [5.41, 5.74) is 0.119. The first-order valence-electron chi connectivity index (χ1n) is 8.51. The second-order valence-electron chi connectivity index (χ2n) is 5.93. The largest absolute Gasteiger partial charge is 0.462 e. The fourth-order valence-electron chi connectivity index (χ4n) is 2.59. The predicted octanol–water partition coefficient (Wildman–Crippen LogP) is 3.83. The average molecular weight is 403 g/mol. The van der Waals surface area contributed by atoms with Crippen LogP contribution in [-0.2, 0) is 14.3 Å². The van der Waals surface area contributed by atoms with Crippen molar-refractivity contribution < 1.29 is 23.5 Å². The maximum Gasteiger partial charge on any atom is 0.338 e. The van der Waals surface area contributed by atoms with Crippen molar-refractivity contribution in [3.63, 3.8) is 0 Å². The highest BCUT2D eigenvalue weighted by Crippen LogP contribution is 2.31. The van der Waals surface area contributed by atoms with Crippen LogP contribution in [0.1, 0.15) is 23.7 Å². The summed E-state index contributed by atoms with van der Waals surface area (Å²) in [7, 11) is 0. The zero-order chi connectivity index (χ0) is 20.3. The fraction of sp³-hybridized carbons (Fsp3) is 0.150. The summed E-state index contributed by atoms with van der Waals surface area (Å²) in [6.07, 6.45) is 0.666. The Morgan fingerprint density at radius 1 is 1.14 bits per heavy atom. The van der Waals surface area contributed by atoms with E-state index < -0.39 is 23.6 Å². The van der Waals surface area contributed by atoms with Crippen LogP contribution in [0.2, 0.25) is 0 Å². The van der Waals surface area contributed by atoms with E-state index in [-0.39, 0.29) is 34.3 Å². The van der Waals surface area contributed by atoms with Crippen LogP contribution in [-0.4, -0.2) is 24.4 Å². The van der Waals surface area contributed by atoms with Gasteiger partial charge in [-0.25, -0.2) is 14.1 Å². The minimum absolute atomic E-state index is 0.00976. The predicted molar refractivity (Wildman–Crippen MR) is 102 cm³/mol. The molecular formula is C20H16ClFN2O4. The van der Waals surface area contributed by atoms with Crippen LogP contribution in [0.3, 0.4) is 0 Å². The Labute approximate surface area is 165 Å². The number of hydrogen-bond acceptors (Lipinski definition) is 5. The number of carbonyl (C=O) groups is 3. The zero-order valence-corrected chi connectivity index (χ0v) is 15.6. The molecule has 0 aliphatic carbocycles. The Balaban J connectivity index is 1.87. The molecule has 0 spiro atoms. The van der Waals surface area contributed by atoms with Crippen molar-refractivity contribution in [1.29, 1.82) is 0 Å². The zero-order valence-electron chi connectivity index (χ0n) is 14.9. The van der Waals surface area contributed by atoms with Crippen LogP contribution in [0.15, 0.2) is 59.3 Å². The number of benzene rings is 2. The molecule has 0 atom stereocenters. The molecular weight excluding hydrogens is 387 g/mol. The van der Waals surface area contributed by atoms with Crippen molar-refractivity contribution in [2.45, 2.75) is 13.3 Å². The van der Waals surface area contributed by atoms with Crippen molar-refractivity contribution in [3.8, 4) is 0 Å². The van der Waals surface area contributed by atoms with E-state index in [2.05, 4.69) is 5.32 Å². The standard InChI is InChI=1S/C20H16ClFN2O4/c1-2-10-28-20(27)12-6-5-7-13(11-12)24-18(25)16(21)17(19(24)26)23-15-9-4-3-8-14(15)22/h3-9,11,23H,2,10H2,1H3. The number of carbonyl (C=O) groups excluding carboxylic acids is 3. The molecule has 1 N–H and O–H groups in total. The number of anilines is 2. The minimum atomic E-state index is -0.774. The van der Waals surface area contributed by atoms with Gasteiger partial charge in [-0.1, -0.05) is 36.7 Å². The number of imide groups is 1. The van der Waals surface area contributed by atoms with Gasteiger partial charge in [-0.2, -0.15) is 0 Å². The van der Waals surface area contributed by atoms with E-state index >= 15 is 0 Å². The molecule has 8 heteroatoms. The maximum absolute atomic E-state index is 13.9. The van der Waals surface area contributed by atoms with E-state index in [0.29, 0.717) is 6.42 Å². The summed E-state index contributed by atoms with van der Waals surface area (Å²) >= 11 is 6.03. The van der Waals surface area contributed by atoms with Crippen LogP contribution in [0.5, 0.6) is 0 Å². The van der Waals surface area contributed by atoms with Gasteiger partial charge in [-0.05, 0) is 36.8 Å². The Hall–Kier alpha value is -3.19. The molecule has 1 heterocycles. The van der Waals surface area contributed by atoms with E-state index in [4.69, 9.17) is 16.3 Å². The number of halogens is 2. The molecule has 2 amide bonds. The highest BCUT2D eigenvalue weighted by atomic mass is 35.5. The number of nitrogens with zero attached hydrogens (tertiary/aromatic N) is 1. The van der Waals surface area contributed by atoms with Gasteiger partial charge < -0.3 is 10.1 Å². The highest BCUT2D eigenvalue weighted by molar-refractivity contribution is 6.53. The molecule has 0 saturated carbocycles. The summed E-state index contributed by atoms with van der Waals surface area (Å²) < 4.78 is 18.9. The molecule has 0 unspecified atom stereocenters. The molecule has 3 rings (SSSR count). The first kappa shape index (κ1) is 19.6. The molecule has 2 aromatic rings. The minimum Gasteiger partial charge on any atom is -0.462 e. The number of esters is 1. The molecule has 2 aromatic carbocycles. The first-order valence-corrected chi connectivity index (χ1v) is 8.89. The van der Waals surface area contributed by atoms with Gasteiger partial charge in [0.15, 0.2) is 0 Å². The lowest BCUT2D eigenvalue weighted by molar-refractivity contribution is -0.120. The van der Waals surface area contributed by atoms with Crippen LogP contribution in [0.25, 0.3) is 0 Å². The van der Waals surface area contributed by atoms with Gasteiger partial charge in [0.05, 0.1) is 23.5 Å². The van der Waals surface area contributed by atoms with Crippen LogP contribution in [0.4, 0.5) is 15.8 Å². The Morgan fingerprint density at radius 2 is 1.89 bits per heavy atom. The average Bonchev–Trinajstić information content (AvgIpc) is 2.91. The molecule has 1 aliphatic rings. The Kier molecular flexibility index (Phi) is 5.75. The van der Waals surface area contributed by atoms with Crippen molar-refractivity contribution in [1.82, 2.24) is 0 Å². The third-order valence-corrected chi connectivity index (χ3v) is 4.29. The summed E-state index contributed by atoms with van der Waals surface area (Å²) in [5, 5.41) is 2.20. The van der Waals surface area contributed by atoms with E-state index in [1.807, 2.05) is 6.92 Å². The van der Waals surface area contributed by atoms with Gasteiger partial charge in [-0.3, -0.25) is 9.59 Å². The third kappa shape index (κ3) is 3.75. The van der Waals surface area contributed by atoms with Crippen LogP contribution >= 0.6 is 11.6 Å². The van der Waals surface area contributed by atoms with E-state index in [0.717, 1.165) is 4.90 Å². The summed E-state index contributed by atoms with van der Waals surface area (Å²) in [6, 6.07) is 11.6. The van der Waals surface area contributed by atoms with Crippen LogP contribution in [0, 0.1) is 5.82 Å². The molecule has 144 valence electrons. The SMILES string of the molecule is CCCOC(=O)c1cccc(N2C(=O)C(Cl)=C(Nc3ccccc3F)C2=O)c1. The third-order valence-electron chi connectivity index (χ3n) is 3.94. The lowest BCUT2D eigenvalue weighted by Crippen LogP contribution is -2.32. The summed E-state index contributed by atoms with van der Waals surface area (Å²) in [4.78, 5) is 38.1. The summed E-state index contributed by atoms with van der Waals surface area (Å²) in [5.74, 6) is -2.69. The highest BCUT2D eigenvalue weighted by Gasteiger charge is 2.39. The van der Waals surface area contributed by atoms with Gasteiger partial charge in [0.2, 0.25) is 0 Å². The maximum atomic E-state index is 13.9. The molecule has 6 nitrogen and oxygen atoms in total. The van der Waals surface area contributed by atoms with E-state index in [1.54, 1.807) is 6.07 Å². The van der Waals surface area contributed by atoms with Gasteiger partial charge in [0, 0.05) is 0 Å². The lowest BCUT2D eigenvalue weighted by atomic mass is 10.2. The Morgan fingerprint density at radius 3 is 2.61 bits per heavy atom. The molecule has 0 bridgehead atoms. The lowest BCUT2D eigenvalue weighted by Gasteiger charge is -2.16. The number of para-hydroxylation sites is 1. The number of hydrogen-bond donors (Lipinski definition) is 1. The molecule has 28 heavy (non-hydrogen) atoms. The fourth-order valence-corrected chi connectivity index (χ4v) is 2.81. The van der Waals surface area contributed by atoms with E-state index in [1.165, 1.54) is 42.5 Å². The Bertz CT molecular complexity index is 990. The quantitative estimate of drug-likeness (QED) is 0.587. The second-order valence-corrected chi connectivity index (χ2v) is 6.30. The number of amides is 2. The molecule has 1 aliphatic heterocycles. The number of ether oxygens (including phenoxy) is 1. The first-order chi connectivity index (χ1) is 13.4. The van der Waals surface area contributed by atoms with Gasteiger partial charge in [0.1, 0.15) is 16.5 Å². The number of nitrogens with one attached hydrogen (secondary N) is 1. The molecule has 0 fully saturated rings. The summed E-state index contributed by atoms with van der Waals surface area (Å²) in [6.45, 7) is 2.12. The van der Waals surface area contributed by atoms with Crippen molar-refractivity contribution in [3.05, 3.63) is 70.6 Å².